The molecule has 0 saturated heterocycles. The van der Waals surface area contributed by atoms with Crippen LogP contribution in [-0.2, 0) is 4.79 Å². The van der Waals surface area contributed by atoms with Crippen LogP contribution in [0.25, 0.3) is 0 Å². The third kappa shape index (κ3) is 5.50. The van der Waals surface area contributed by atoms with Crippen molar-refractivity contribution in [2.24, 2.45) is 11.7 Å². The SMILES string of the molecule is CCC(C(=O)Nc1ccc(OC(F)(F)F)c(Br)c1)C(N)=S. The molecule has 1 rings (SSSR count). The highest BCUT2D eigenvalue weighted by molar-refractivity contribution is 9.10. The smallest absolute Gasteiger partial charge is 0.405 e. The number of nitrogens with two attached hydrogens (primary N) is 1. The number of rotatable bonds is 5. The number of hydrogen-bond donors (Lipinski definition) is 2. The molecule has 4 nitrogen and oxygen atoms in total. The van der Waals surface area contributed by atoms with E-state index in [0.29, 0.717) is 12.1 Å². The number of anilines is 1. The second-order valence-corrected chi connectivity index (χ2v) is 5.37. The zero-order valence-corrected chi connectivity index (χ0v) is 13.2. The predicted molar refractivity (Wildman–Crippen MR) is 80.0 cm³/mol. The number of amides is 1. The summed E-state index contributed by atoms with van der Waals surface area (Å²) >= 11 is 7.72. The Balaban J connectivity index is 2.85. The van der Waals surface area contributed by atoms with Crippen molar-refractivity contribution in [1.82, 2.24) is 0 Å². The van der Waals surface area contributed by atoms with Crippen molar-refractivity contribution >= 4 is 44.7 Å². The van der Waals surface area contributed by atoms with Gasteiger partial charge in [-0.3, -0.25) is 4.79 Å². The molecule has 0 heterocycles. The van der Waals surface area contributed by atoms with Crippen LogP contribution in [-0.4, -0.2) is 17.3 Å². The molecule has 0 saturated carbocycles. The van der Waals surface area contributed by atoms with E-state index in [2.05, 4.69) is 26.0 Å². The number of benzene rings is 1. The molecule has 9 heteroatoms. The van der Waals surface area contributed by atoms with E-state index in [1.54, 1.807) is 6.92 Å². The molecule has 0 aliphatic rings. The molecule has 0 aliphatic carbocycles. The zero-order valence-electron chi connectivity index (χ0n) is 10.8. The minimum atomic E-state index is -4.79. The first kappa shape index (κ1) is 17.7. The Morgan fingerprint density at radius 1 is 1.52 bits per heavy atom. The summed E-state index contributed by atoms with van der Waals surface area (Å²) in [6.45, 7) is 1.75. The highest BCUT2D eigenvalue weighted by Gasteiger charge is 2.32. The molecule has 1 atom stereocenters. The summed E-state index contributed by atoms with van der Waals surface area (Å²) in [6.07, 6.45) is -4.36. The molecule has 0 aromatic heterocycles. The van der Waals surface area contributed by atoms with E-state index in [-0.39, 0.29) is 9.46 Å². The van der Waals surface area contributed by atoms with Crippen LogP contribution in [0.5, 0.6) is 5.75 Å². The maximum atomic E-state index is 12.1. The lowest BCUT2D eigenvalue weighted by atomic mass is 10.1. The van der Waals surface area contributed by atoms with E-state index in [9.17, 15) is 18.0 Å². The first-order valence-electron chi connectivity index (χ1n) is 5.79. The number of carbonyl (C=O) groups is 1. The Morgan fingerprint density at radius 2 is 2.14 bits per heavy atom. The summed E-state index contributed by atoms with van der Waals surface area (Å²) in [4.78, 5) is 12.0. The van der Waals surface area contributed by atoms with Crippen molar-refractivity contribution in [3.05, 3.63) is 22.7 Å². The fourth-order valence-corrected chi connectivity index (χ4v) is 2.26. The molecule has 3 N–H and O–H groups in total. The maximum Gasteiger partial charge on any atom is 0.573 e. The van der Waals surface area contributed by atoms with E-state index >= 15 is 0 Å². The zero-order chi connectivity index (χ0) is 16.2. The van der Waals surface area contributed by atoms with Gasteiger partial charge in [0, 0.05) is 5.69 Å². The van der Waals surface area contributed by atoms with Crippen molar-refractivity contribution in [3.8, 4) is 5.75 Å². The van der Waals surface area contributed by atoms with Crippen LogP contribution in [0.1, 0.15) is 13.3 Å². The van der Waals surface area contributed by atoms with Crippen molar-refractivity contribution in [3.63, 3.8) is 0 Å². The van der Waals surface area contributed by atoms with Gasteiger partial charge in [-0.1, -0.05) is 19.1 Å². The minimum Gasteiger partial charge on any atom is -0.405 e. The summed E-state index contributed by atoms with van der Waals surface area (Å²) in [6, 6.07) is 3.68. The number of carbonyl (C=O) groups excluding carboxylic acids is 1. The molecule has 1 amide bonds. The van der Waals surface area contributed by atoms with Crippen LogP contribution in [0.4, 0.5) is 18.9 Å². The van der Waals surface area contributed by atoms with Crippen molar-refractivity contribution in [2.45, 2.75) is 19.7 Å². The average Bonchev–Trinajstić information content (AvgIpc) is 2.31. The number of ether oxygens (including phenoxy) is 1. The lowest BCUT2D eigenvalue weighted by Crippen LogP contribution is -2.32. The molecule has 1 unspecified atom stereocenters. The van der Waals surface area contributed by atoms with Gasteiger partial charge >= 0.3 is 6.36 Å². The Morgan fingerprint density at radius 3 is 2.57 bits per heavy atom. The molecule has 21 heavy (non-hydrogen) atoms. The number of thiocarbonyl (C=S) groups is 1. The Kier molecular flexibility index (Phi) is 5.97. The van der Waals surface area contributed by atoms with Gasteiger partial charge in [-0.2, -0.15) is 0 Å². The van der Waals surface area contributed by atoms with Crippen molar-refractivity contribution in [1.29, 1.82) is 0 Å². The van der Waals surface area contributed by atoms with Gasteiger partial charge in [0.05, 0.1) is 15.4 Å². The summed E-state index contributed by atoms with van der Waals surface area (Å²) in [7, 11) is 0. The first-order valence-corrected chi connectivity index (χ1v) is 6.99. The van der Waals surface area contributed by atoms with Gasteiger partial charge in [0.25, 0.3) is 0 Å². The largest absolute Gasteiger partial charge is 0.573 e. The van der Waals surface area contributed by atoms with Crippen LogP contribution in [0.15, 0.2) is 22.7 Å². The van der Waals surface area contributed by atoms with Crippen LogP contribution in [0.3, 0.4) is 0 Å². The quantitative estimate of drug-likeness (QED) is 0.761. The third-order valence-corrected chi connectivity index (χ3v) is 3.40. The molecular formula is C12H12BrF3N2O2S. The van der Waals surface area contributed by atoms with Gasteiger partial charge in [-0.05, 0) is 40.5 Å². The predicted octanol–water partition coefficient (Wildman–Crippen LogP) is 3.60. The Labute approximate surface area is 133 Å². The van der Waals surface area contributed by atoms with E-state index in [1.807, 2.05) is 0 Å². The number of alkyl halides is 3. The number of nitrogens with one attached hydrogen (secondary N) is 1. The molecule has 0 spiro atoms. The summed E-state index contributed by atoms with van der Waals surface area (Å²) < 4.78 is 40.2. The van der Waals surface area contributed by atoms with Crippen LogP contribution < -0.4 is 15.8 Å². The summed E-state index contributed by atoms with van der Waals surface area (Å²) in [5, 5.41) is 2.53. The molecule has 1 aromatic rings. The van der Waals surface area contributed by atoms with E-state index in [0.717, 1.165) is 6.07 Å². The molecular weight excluding hydrogens is 373 g/mol. The molecule has 0 bridgehead atoms. The standard InChI is InChI=1S/C12H12BrF3N2O2S/c1-2-7(10(17)21)11(19)18-6-3-4-9(8(13)5-6)20-12(14,15)16/h3-5,7H,2H2,1H3,(H2,17,21)(H,18,19). The minimum absolute atomic E-state index is 0.0565. The second kappa shape index (κ2) is 7.08. The lowest BCUT2D eigenvalue weighted by molar-refractivity contribution is -0.274. The highest BCUT2D eigenvalue weighted by Crippen LogP contribution is 2.32. The Bertz CT molecular complexity index is 552. The Hall–Kier alpha value is -1.35. The summed E-state index contributed by atoms with van der Waals surface area (Å²) in [5.74, 6) is -1.45. The van der Waals surface area contributed by atoms with E-state index in [1.165, 1.54) is 12.1 Å². The molecule has 0 radical (unpaired) electrons. The lowest BCUT2D eigenvalue weighted by Gasteiger charge is -2.15. The normalized spacial score (nSPS) is 12.6. The fraction of sp³-hybridized carbons (Fsp3) is 0.333. The average molecular weight is 385 g/mol. The maximum absolute atomic E-state index is 12.1. The van der Waals surface area contributed by atoms with Crippen LogP contribution in [0.2, 0.25) is 0 Å². The third-order valence-electron chi connectivity index (χ3n) is 2.49. The highest BCUT2D eigenvalue weighted by atomic mass is 79.9. The van der Waals surface area contributed by atoms with Gasteiger partial charge in [-0.25, -0.2) is 0 Å². The van der Waals surface area contributed by atoms with Crippen LogP contribution >= 0.6 is 28.1 Å². The van der Waals surface area contributed by atoms with Gasteiger partial charge in [-0.15, -0.1) is 13.2 Å². The summed E-state index contributed by atoms with van der Waals surface area (Å²) in [5.41, 5.74) is 5.74. The monoisotopic (exact) mass is 384 g/mol. The molecule has 0 aliphatic heterocycles. The number of halogens is 4. The molecule has 116 valence electrons. The number of hydrogen-bond acceptors (Lipinski definition) is 3. The second-order valence-electron chi connectivity index (χ2n) is 4.05. The molecule has 1 aromatic carbocycles. The van der Waals surface area contributed by atoms with E-state index < -0.39 is 23.9 Å². The first-order chi connectivity index (χ1) is 9.64. The van der Waals surface area contributed by atoms with Gasteiger partial charge < -0.3 is 15.8 Å². The van der Waals surface area contributed by atoms with E-state index in [4.69, 9.17) is 18.0 Å². The van der Waals surface area contributed by atoms with Gasteiger partial charge in [0.1, 0.15) is 5.75 Å². The van der Waals surface area contributed by atoms with Crippen molar-refractivity contribution < 1.29 is 22.7 Å². The van der Waals surface area contributed by atoms with Gasteiger partial charge in [0.2, 0.25) is 5.91 Å². The van der Waals surface area contributed by atoms with Gasteiger partial charge in [0.15, 0.2) is 0 Å². The fourth-order valence-electron chi connectivity index (χ4n) is 1.53. The van der Waals surface area contributed by atoms with Crippen LogP contribution in [0, 0.1) is 5.92 Å². The molecule has 0 fully saturated rings. The van der Waals surface area contributed by atoms with Crippen molar-refractivity contribution in [2.75, 3.05) is 5.32 Å². The topological polar surface area (TPSA) is 64.3 Å².